The van der Waals surface area contributed by atoms with E-state index in [-0.39, 0.29) is 23.3 Å². The van der Waals surface area contributed by atoms with Crippen LogP contribution in [0.3, 0.4) is 0 Å². The number of rotatable bonds is 4. The lowest BCUT2D eigenvalue weighted by molar-refractivity contribution is -0.119. The predicted octanol–water partition coefficient (Wildman–Crippen LogP) is 2.41. The van der Waals surface area contributed by atoms with Gasteiger partial charge in [0.25, 0.3) is 5.91 Å². The van der Waals surface area contributed by atoms with Gasteiger partial charge in [0, 0.05) is 18.3 Å². The molecular formula is C18H19N3O2S. The molecule has 3 N–H and O–H groups in total. The summed E-state index contributed by atoms with van der Waals surface area (Å²) < 4.78 is 0. The van der Waals surface area contributed by atoms with E-state index in [2.05, 4.69) is 16.0 Å². The Balaban J connectivity index is 1.94. The highest BCUT2D eigenvalue weighted by molar-refractivity contribution is 7.80. The molecule has 0 fully saturated rings. The van der Waals surface area contributed by atoms with Gasteiger partial charge in [-0.1, -0.05) is 30.3 Å². The second kappa shape index (κ2) is 8.21. The standard InChI is InChI=1S/C18H19N3O2S/c1-12-6-3-4-7-13(12)11-16(22)21-18(24)20-15-9-5-8-14(10-15)17(23)19-2/h3-10H,11H2,1-2H3,(H,19,23)(H2,20,21,22,24). The van der Waals surface area contributed by atoms with Crippen molar-refractivity contribution in [2.24, 2.45) is 0 Å². The first-order chi connectivity index (χ1) is 11.5. The van der Waals surface area contributed by atoms with Crippen molar-refractivity contribution < 1.29 is 9.59 Å². The van der Waals surface area contributed by atoms with Crippen LogP contribution in [0.2, 0.25) is 0 Å². The van der Waals surface area contributed by atoms with E-state index in [4.69, 9.17) is 12.2 Å². The maximum atomic E-state index is 12.1. The fraction of sp³-hybridized carbons (Fsp3) is 0.167. The Morgan fingerprint density at radius 3 is 2.54 bits per heavy atom. The zero-order valence-electron chi connectivity index (χ0n) is 13.6. The fourth-order valence-corrected chi connectivity index (χ4v) is 2.43. The fourth-order valence-electron chi connectivity index (χ4n) is 2.20. The summed E-state index contributed by atoms with van der Waals surface area (Å²) in [6.07, 6.45) is 0.257. The van der Waals surface area contributed by atoms with Crippen molar-refractivity contribution in [2.45, 2.75) is 13.3 Å². The third-order valence-electron chi connectivity index (χ3n) is 3.47. The monoisotopic (exact) mass is 341 g/mol. The van der Waals surface area contributed by atoms with E-state index in [0.717, 1.165) is 11.1 Å². The van der Waals surface area contributed by atoms with Gasteiger partial charge in [-0.25, -0.2) is 0 Å². The number of amides is 2. The molecule has 24 heavy (non-hydrogen) atoms. The Bertz CT molecular complexity index is 774. The molecule has 0 spiro atoms. The zero-order valence-corrected chi connectivity index (χ0v) is 14.4. The van der Waals surface area contributed by atoms with Crippen LogP contribution in [-0.4, -0.2) is 24.0 Å². The SMILES string of the molecule is CNC(=O)c1cccc(NC(=S)NC(=O)Cc2ccccc2C)c1. The smallest absolute Gasteiger partial charge is 0.251 e. The summed E-state index contributed by atoms with van der Waals surface area (Å²) in [5.41, 5.74) is 3.16. The molecule has 124 valence electrons. The van der Waals surface area contributed by atoms with Gasteiger partial charge in [-0.3, -0.25) is 9.59 Å². The quantitative estimate of drug-likeness (QED) is 0.747. The van der Waals surface area contributed by atoms with Crippen molar-refractivity contribution in [3.05, 3.63) is 65.2 Å². The first kappa shape index (κ1) is 17.6. The Morgan fingerprint density at radius 1 is 1.08 bits per heavy atom. The van der Waals surface area contributed by atoms with Crippen LogP contribution in [0.25, 0.3) is 0 Å². The molecule has 0 aromatic heterocycles. The molecule has 2 aromatic rings. The van der Waals surface area contributed by atoms with Gasteiger partial charge in [0.1, 0.15) is 0 Å². The lowest BCUT2D eigenvalue weighted by atomic mass is 10.1. The van der Waals surface area contributed by atoms with Crippen molar-refractivity contribution >= 4 is 34.8 Å². The lowest BCUT2D eigenvalue weighted by Gasteiger charge is -2.11. The van der Waals surface area contributed by atoms with Crippen LogP contribution in [0.4, 0.5) is 5.69 Å². The third-order valence-corrected chi connectivity index (χ3v) is 3.68. The summed E-state index contributed by atoms with van der Waals surface area (Å²) in [5.74, 6) is -0.377. The maximum Gasteiger partial charge on any atom is 0.251 e. The number of anilines is 1. The molecule has 0 saturated carbocycles. The second-order valence-corrected chi connectivity index (χ2v) is 5.67. The van der Waals surface area contributed by atoms with Crippen molar-refractivity contribution in [3.8, 4) is 0 Å². The molecule has 0 aliphatic carbocycles. The minimum Gasteiger partial charge on any atom is -0.355 e. The van der Waals surface area contributed by atoms with E-state index in [9.17, 15) is 9.59 Å². The molecule has 0 aliphatic rings. The van der Waals surface area contributed by atoms with E-state index in [1.54, 1.807) is 31.3 Å². The van der Waals surface area contributed by atoms with Crippen LogP contribution in [-0.2, 0) is 11.2 Å². The van der Waals surface area contributed by atoms with Gasteiger partial charge in [0.15, 0.2) is 5.11 Å². The number of hydrogen-bond donors (Lipinski definition) is 3. The van der Waals surface area contributed by atoms with Gasteiger partial charge < -0.3 is 16.0 Å². The average molecular weight is 341 g/mol. The van der Waals surface area contributed by atoms with Crippen molar-refractivity contribution in [2.75, 3.05) is 12.4 Å². The molecule has 0 radical (unpaired) electrons. The van der Waals surface area contributed by atoms with Gasteiger partial charge >= 0.3 is 0 Å². The topological polar surface area (TPSA) is 70.2 Å². The van der Waals surface area contributed by atoms with Crippen LogP contribution in [0.5, 0.6) is 0 Å². The van der Waals surface area contributed by atoms with E-state index in [1.807, 2.05) is 31.2 Å². The molecule has 2 amide bonds. The van der Waals surface area contributed by atoms with Gasteiger partial charge in [-0.15, -0.1) is 0 Å². The molecule has 0 saturated heterocycles. The van der Waals surface area contributed by atoms with Crippen molar-refractivity contribution in [1.82, 2.24) is 10.6 Å². The van der Waals surface area contributed by atoms with Gasteiger partial charge in [-0.2, -0.15) is 0 Å². The number of nitrogens with one attached hydrogen (secondary N) is 3. The average Bonchev–Trinajstić information content (AvgIpc) is 2.56. The highest BCUT2D eigenvalue weighted by atomic mass is 32.1. The number of benzene rings is 2. The van der Waals surface area contributed by atoms with Crippen LogP contribution in [0.1, 0.15) is 21.5 Å². The lowest BCUT2D eigenvalue weighted by Crippen LogP contribution is -2.35. The van der Waals surface area contributed by atoms with Crippen LogP contribution in [0, 0.1) is 6.92 Å². The Labute approximate surface area is 146 Å². The predicted molar refractivity (Wildman–Crippen MR) is 99.1 cm³/mol. The Kier molecular flexibility index (Phi) is 6.03. The molecule has 0 heterocycles. The summed E-state index contributed by atoms with van der Waals surface area (Å²) in [4.78, 5) is 23.7. The molecule has 2 rings (SSSR count). The minimum absolute atomic E-state index is 0.187. The van der Waals surface area contributed by atoms with Crippen molar-refractivity contribution in [1.29, 1.82) is 0 Å². The molecule has 2 aromatic carbocycles. The van der Waals surface area contributed by atoms with E-state index in [0.29, 0.717) is 11.3 Å². The number of carbonyl (C=O) groups is 2. The van der Waals surface area contributed by atoms with Gasteiger partial charge in [0.2, 0.25) is 5.91 Å². The van der Waals surface area contributed by atoms with E-state index >= 15 is 0 Å². The van der Waals surface area contributed by atoms with Gasteiger partial charge in [-0.05, 0) is 48.5 Å². The van der Waals surface area contributed by atoms with E-state index < -0.39 is 0 Å². The Hall–Kier alpha value is -2.73. The van der Waals surface area contributed by atoms with Gasteiger partial charge in [0.05, 0.1) is 6.42 Å². The molecule has 0 unspecified atom stereocenters. The van der Waals surface area contributed by atoms with Crippen molar-refractivity contribution in [3.63, 3.8) is 0 Å². The largest absolute Gasteiger partial charge is 0.355 e. The summed E-state index contributed by atoms with van der Waals surface area (Å²) in [5, 5.41) is 8.31. The number of thiocarbonyl (C=S) groups is 1. The normalized spacial score (nSPS) is 9.92. The maximum absolute atomic E-state index is 12.1. The highest BCUT2D eigenvalue weighted by Crippen LogP contribution is 2.11. The second-order valence-electron chi connectivity index (χ2n) is 5.27. The summed E-state index contributed by atoms with van der Waals surface area (Å²) in [7, 11) is 1.57. The number of hydrogen-bond acceptors (Lipinski definition) is 3. The summed E-state index contributed by atoms with van der Waals surface area (Å²) >= 11 is 5.16. The summed E-state index contributed by atoms with van der Waals surface area (Å²) in [6, 6.07) is 14.6. The number of aryl methyl sites for hydroxylation is 1. The molecular weight excluding hydrogens is 322 g/mol. The third kappa shape index (κ3) is 4.89. The van der Waals surface area contributed by atoms with Crippen LogP contribution >= 0.6 is 12.2 Å². The molecule has 0 atom stereocenters. The minimum atomic E-state index is -0.191. The van der Waals surface area contributed by atoms with Crippen LogP contribution in [0.15, 0.2) is 48.5 Å². The molecule has 0 bridgehead atoms. The molecule has 5 nitrogen and oxygen atoms in total. The Morgan fingerprint density at radius 2 is 1.83 bits per heavy atom. The molecule has 6 heteroatoms. The zero-order chi connectivity index (χ0) is 17.5. The first-order valence-electron chi connectivity index (χ1n) is 7.47. The number of carbonyl (C=O) groups excluding carboxylic acids is 2. The highest BCUT2D eigenvalue weighted by Gasteiger charge is 2.09. The molecule has 0 aliphatic heterocycles. The summed E-state index contributed by atoms with van der Waals surface area (Å²) in [6.45, 7) is 1.96. The first-order valence-corrected chi connectivity index (χ1v) is 7.88. The van der Waals surface area contributed by atoms with Crippen LogP contribution < -0.4 is 16.0 Å². The van der Waals surface area contributed by atoms with E-state index in [1.165, 1.54) is 0 Å².